The summed E-state index contributed by atoms with van der Waals surface area (Å²) in [5, 5.41) is 30.7. The predicted octanol–water partition coefficient (Wildman–Crippen LogP) is 3.97. The number of hydrogen-bond acceptors (Lipinski definition) is 14. The number of nitrogens with two attached hydrogens (primary N) is 1. The first-order valence-corrected chi connectivity index (χ1v) is 26.3. The highest BCUT2D eigenvalue weighted by atomic mass is 19.1. The minimum atomic E-state index is -0.874. The Morgan fingerprint density at radius 3 is 2.47 bits per heavy atom. The molecule has 3 aliphatic rings. The molecule has 0 radical (unpaired) electrons. The number of benzene rings is 2. The van der Waals surface area contributed by atoms with E-state index in [9.17, 15) is 33.6 Å². The van der Waals surface area contributed by atoms with Gasteiger partial charge in [-0.3, -0.25) is 28.7 Å². The van der Waals surface area contributed by atoms with E-state index in [1.165, 1.54) is 27.8 Å². The zero-order valence-corrected chi connectivity index (χ0v) is 44.8. The molecular formula is C55H74FN13O7. The van der Waals surface area contributed by atoms with Crippen molar-refractivity contribution < 1.29 is 37.8 Å². The van der Waals surface area contributed by atoms with Gasteiger partial charge in [0.25, 0.3) is 5.91 Å². The van der Waals surface area contributed by atoms with Crippen LogP contribution < -0.4 is 37.2 Å². The number of likely N-dealkylation sites (tertiary alicyclic amines) is 1. The van der Waals surface area contributed by atoms with Gasteiger partial charge in [0, 0.05) is 68.6 Å². The number of nitrogen functional groups attached to an aromatic ring is 1. The fraction of sp³-hybridized carbons (Fsp3) is 0.527. The molecule has 7 N–H and O–H groups in total. The molecule has 2 aromatic heterocycles. The lowest BCUT2D eigenvalue weighted by Gasteiger charge is -2.36. The van der Waals surface area contributed by atoms with Crippen molar-refractivity contribution in [3.63, 3.8) is 0 Å². The third-order valence-corrected chi connectivity index (χ3v) is 14.4. The Balaban J connectivity index is 0.882. The van der Waals surface area contributed by atoms with Crippen LogP contribution >= 0.6 is 0 Å². The van der Waals surface area contributed by atoms with E-state index in [1.807, 2.05) is 69.0 Å². The first-order valence-electron chi connectivity index (χ1n) is 26.3. The minimum Gasteiger partial charge on any atom is -0.382 e. The van der Waals surface area contributed by atoms with Gasteiger partial charge in [0.05, 0.1) is 69.0 Å². The molecular weight excluding hydrogens is 974 g/mol. The third kappa shape index (κ3) is 13.5. The zero-order valence-electron chi connectivity index (χ0n) is 44.8. The summed E-state index contributed by atoms with van der Waals surface area (Å²) in [6, 6.07) is 15.2. The fourth-order valence-corrected chi connectivity index (χ4v) is 10.2. The van der Waals surface area contributed by atoms with Crippen molar-refractivity contribution in [3.05, 3.63) is 94.7 Å². The number of nitrogens with one attached hydrogen (secondary N) is 5. The predicted molar refractivity (Wildman–Crippen MR) is 285 cm³/mol. The normalized spacial score (nSPS) is 18.5. The molecule has 1 unspecified atom stereocenters. The molecule has 3 aliphatic heterocycles. The van der Waals surface area contributed by atoms with E-state index in [0.29, 0.717) is 72.6 Å². The van der Waals surface area contributed by atoms with Crippen LogP contribution in [0, 0.1) is 22.6 Å². The molecule has 5 amide bonds. The average molecular weight is 1050 g/mol. The monoisotopic (exact) mass is 1050 g/mol. The molecule has 7 rings (SSSR count). The number of amides is 5. The summed E-state index contributed by atoms with van der Waals surface area (Å²) in [6.07, 6.45) is 4.18. The highest BCUT2D eigenvalue weighted by molar-refractivity contribution is 5.96. The number of nitrogens with zero attached hydrogens (tertiary/aromatic N) is 7. The van der Waals surface area contributed by atoms with Gasteiger partial charge in [0.2, 0.25) is 23.6 Å². The van der Waals surface area contributed by atoms with Crippen LogP contribution in [0.5, 0.6) is 0 Å². The highest BCUT2D eigenvalue weighted by Gasteiger charge is 2.45. The summed E-state index contributed by atoms with van der Waals surface area (Å²) in [6.45, 7) is 12.1. The molecule has 6 atom stereocenters. The standard InChI is InChI=1S/C55H74FN13O7/c1-8-41(35-13-10-9-11-14-35)63-52(72)45-29-38(32-68(45)54(74)49(55(3,4)5)64-51(71)34(2)59-6)60-20-24-76-26-25-75-23-18-47(70)61-19-22-69-46(30-57)48-36-27-44(50(58)62-31-36)67-21-12-15-43(67)40-28-37(56)16-17-39(40)53(73)66(7)33-42(48)65-69/h9-11,13-14,16-17,27-28,31,34,38,41,43,45,49,59-60H,8,12,15,18-26,29,32-33H2,1-7H3,(H2,58,62)(H,61,70)(H,63,72)(H,64,71)/t34-,38-,41+,43-,45-,49?/m1/s1. The largest absolute Gasteiger partial charge is 0.382 e. The Bertz CT molecular complexity index is 2740. The lowest BCUT2D eigenvalue weighted by Crippen LogP contribution is -2.59. The molecule has 0 saturated carbocycles. The van der Waals surface area contributed by atoms with Gasteiger partial charge in [-0.05, 0) is 80.5 Å². The van der Waals surface area contributed by atoms with Gasteiger partial charge in [-0.15, -0.1) is 0 Å². The number of likely N-dealkylation sites (N-methyl/N-ethyl adjacent to an activating group) is 1. The smallest absolute Gasteiger partial charge is 0.254 e. The second-order valence-corrected chi connectivity index (χ2v) is 20.8. The van der Waals surface area contributed by atoms with Crippen molar-refractivity contribution in [2.45, 2.75) is 116 Å². The molecule has 5 heterocycles. The number of carbonyl (C=O) groups is 5. The summed E-state index contributed by atoms with van der Waals surface area (Å²) in [5.41, 5.74) is 10.1. The van der Waals surface area contributed by atoms with Crippen LogP contribution in [-0.4, -0.2) is 145 Å². The molecule has 2 saturated heterocycles. The number of carbonyl (C=O) groups excluding carboxylic acids is 5. The van der Waals surface area contributed by atoms with Gasteiger partial charge < -0.3 is 56.5 Å². The van der Waals surface area contributed by atoms with Crippen LogP contribution in [0.3, 0.4) is 0 Å². The van der Waals surface area contributed by atoms with Crippen molar-refractivity contribution in [2.24, 2.45) is 5.41 Å². The Labute approximate surface area is 444 Å². The second-order valence-electron chi connectivity index (χ2n) is 20.8. The number of ether oxygens (including phenoxy) is 2. The Kier molecular flexibility index (Phi) is 19.2. The molecule has 21 heteroatoms. The maximum atomic E-state index is 14.7. The lowest BCUT2D eigenvalue weighted by atomic mass is 9.85. The van der Waals surface area contributed by atoms with Crippen molar-refractivity contribution in [3.8, 4) is 17.2 Å². The summed E-state index contributed by atoms with van der Waals surface area (Å²) >= 11 is 0. The number of rotatable bonds is 21. The molecule has 2 fully saturated rings. The van der Waals surface area contributed by atoms with Crippen molar-refractivity contribution in [1.82, 2.24) is 51.1 Å². The van der Waals surface area contributed by atoms with Crippen LogP contribution in [0.1, 0.15) is 112 Å². The van der Waals surface area contributed by atoms with Crippen LogP contribution in [-0.2, 0) is 41.7 Å². The van der Waals surface area contributed by atoms with E-state index < -0.39 is 29.4 Å². The van der Waals surface area contributed by atoms with Crippen LogP contribution in [0.2, 0.25) is 0 Å². The van der Waals surface area contributed by atoms with E-state index >= 15 is 0 Å². The average Bonchev–Trinajstić information content (AvgIpc) is 4.16. The number of halogens is 1. The fourth-order valence-electron chi connectivity index (χ4n) is 10.2. The summed E-state index contributed by atoms with van der Waals surface area (Å²) in [4.78, 5) is 78.0. The van der Waals surface area contributed by atoms with E-state index in [-0.39, 0.29) is 112 Å². The van der Waals surface area contributed by atoms with Crippen LogP contribution in [0.15, 0.2) is 60.8 Å². The number of hydrogen-bond donors (Lipinski definition) is 6. The highest BCUT2D eigenvalue weighted by Crippen LogP contribution is 2.42. The van der Waals surface area contributed by atoms with E-state index in [4.69, 9.17) is 20.3 Å². The van der Waals surface area contributed by atoms with E-state index in [1.54, 1.807) is 32.1 Å². The zero-order chi connectivity index (χ0) is 54.7. The van der Waals surface area contributed by atoms with Gasteiger partial charge >= 0.3 is 0 Å². The molecule has 0 spiro atoms. The first kappa shape index (κ1) is 56.7. The maximum Gasteiger partial charge on any atom is 0.254 e. The number of anilines is 2. The summed E-state index contributed by atoms with van der Waals surface area (Å²) in [5.74, 6) is -1.63. The second kappa shape index (κ2) is 25.7. The number of aromatic nitrogens is 3. The van der Waals surface area contributed by atoms with Gasteiger partial charge in [-0.2, -0.15) is 10.4 Å². The topological polar surface area (TPSA) is 254 Å². The molecule has 2 bridgehead atoms. The first-order chi connectivity index (χ1) is 36.4. The van der Waals surface area contributed by atoms with Gasteiger partial charge in [0.15, 0.2) is 0 Å². The number of pyridine rings is 1. The Morgan fingerprint density at radius 1 is 1.01 bits per heavy atom. The van der Waals surface area contributed by atoms with Crippen LogP contribution in [0.4, 0.5) is 15.9 Å². The van der Waals surface area contributed by atoms with E-state index in [2.05, 4.69) is 37.6 Å². The third-order valence-electron chi connectivity index (χ3n) is 14.4. The summed E-state index contributed by atoms with van der Waals surface area (Å²) < 4.78 is 27.8. The van der Waals surface area contributed by atoms with Gasteiger partial charge in [-0.25, -0.2) is 9.37 Å². The lowest BCUT2D eigenvalue weighted by molar-refractivity contribution is -0.144. The van der Waals surface area contributed by atoms with Gasteiger partial charge in [0.1, 0.15) is 35.5 Å². The molecule has 4 aromatic rings. The molecule has 76 heavy (non-hydrogen) atoms. The van der Waals surface area contributed by atoms with Crippen LogP contribution in [0.25, 0.3) is 11.1 Å². The maximum absolute atomic E-state index is 14.7. The van der Waals surface area contributed by atoms with Crippen molar-refractivity contribution in [1.29, 1.82) is 5.26 Å². The molecule has 0 aliphatic carbocycles. The Hall–Kier alpha value is -6.99. The van der Waals surface area contributed by atoms with Crippen molar-refractivity contribution in [2.75, 3.05) is 77.3 Å². The molecule has 408 valence electrons. The molecule has 20 nitrogen and oxygen atoms in total. The SMILES string of the molecule is CC[C@H](NC(=O)[C@H]1C[C@@H](NCCOCCOCCC(=O)NCCn2nc3c(c2C#N)-c2cnc(N)c(c2)N2CCC[C@@H]2c2cc(F)ccc2C(=O)N(C)C3)CN1C(=O)C(NC(=O)[C@@H](C)NC)C(C)(C)C)c1ccccc1. The number of nitriles is 1. The Morgan fingerprint density at radius 2 is 1.76 bits per heavy atom. The van der Waals surface area contributed by atoms with E-state index in [0.717, 1.165) is 12.0 Å². The number of fused-ring (bicyclic) bond motifs is 8. The summed E-state index contributed by atoms with van der Waals surface area (Å²) in [7, 11) is 3.32. The minimum absolute atomic E-state index is 0.0422. The van der Waals surface area contributed by atoms with Gasteiger partial charge in [-0.1, -0.05) is 58.0 Å². The van der Waals surface area contributed by atoms with Crippen molar-refractivity contribution >= 4 is 41.0 Å². The molecule has 2 aromatic carbocycles. The quantitative estimate of drug-likeness (QED) is 0.0647.